The van der Waals surface area contributed by atoms with E-state index in [0.29, 0.717) is 0 Å². The fourth-order valence-electron chi connectivity index (χ4n) is 0.434. The van der Waals surface area contributed by atoms with Crippen LogP contribution in [0.25, 0.3) is 0 Å². The summed E-state index contributed by atoms with van der Waals surface area (Å²) < 4.78 is 23.5. The van der Waals surface area contributed by atoms with Crippen LogP contribution >= 0.6 is 0 Å². The molecule has 0 unspecified atom stereocenters. The molecular weight excluding hydrogens is 142 g/mol. The molecule has 0 spiro atoms. The van der Waals surface area contributed by atoms with Crippen molar-refractivity contribution in [2.24, 2.45) is 0 Å². The van der Waals surface area contributed by atoms with Gasteiger partial charge in [-0.1, -0.05) is 6.92 Å². The molecule has 0 aromatic heterocycles. The van der Waals surface area contributed by atoms with E-state index in [1.54, 1.807) is 0 Å². The largest absolute Gasteiger partial charge is 0.377 e. The van der Waals surface area contributed by atoms with Gasteiger partial charge in [0.1, 0.15) is 5.83 Å². The van der Waals surface area contributed by atoms with E-state index in [2.05, 4.69) is 4.94 Å². The highest BCUT2D eigenvalue weighted by Crippen LogP contribution is 2.10. The number of carbonyl (C=O) groups is 1. The first kappa shape index (κ1) is 9.07. The Balaban J connectivity index is 4.30. The molecule has 0 amide bonds. The smallest absolute Gasteiger partial charge is 0.250 e. The Hall–Kier alpha value is -0.930. The maximum Gasteiger partial charge on any atom is 0.377 e. The third-order valence-corrected chi connectivity index (χ3v) is 1.09. The van der Waals surface area contributed by atoms with Crippen LogP contribution < -0.4 is 0 Å². The lowest BCUT2D eigenvalue weighted by atomic mass is 10.2. The van der Waals surface area contributed by atoms with Crippen molar-refractivity contribution in [3.8, 4) is 0 Å². The van der Waals surface area contributed by atoms with Gasteiger partial charge in [-0.25, -0.2) is 14.1 Å². The second kappa shape index (κ2) is 3.98. The SMILES string of the molecule is CCC(F)=C(C)C(=O)OF. The molecule has 0 aliphatic heterocycles. The molecule has 0 atom stereocenters. The molecule has 0 aromatic rings. The third kappa shape index (κ3) is 2.13. The van der Waals surface area contributed by atoms with E-state index < -0.39 is 11.8 Å². The molecule has 0 bridgehead atoms. The summed E-state index contributed by atoms with van der Waals surface area (Å²) in [4.78, 5) is 13.0. The molecule has 4 heteroatoms. The molecule has 0 radical (unpaired) electrons. The Labute approximate surface area is 57.4 Å². The summed E-state index contributed by atoms with van der Waals surface area (Å²) in [7, 11) is 0. The van der Waals surface area contributed by atoms with Crippen molar-refractivity contribution >= 4 is 5.97 Å². The van der Waals surface area contributed by atoms with E-state index >= 15 is 0 Å². The Bertz CT molecular complexity index is 163. The number of hydrogen-bond donors (Lipinski definition) is 0. The molecule has 0 aliphatic carbocycles. The molecule has 0 fully saturated rings. The van der Waals surface area contributed by atoms with E-state index in [0.717, 1.165) is 0 Å². The highest BCUT2D eigenvalue weighted by Gasteiger charge is 2.10. The monoisotopic (exact) mass is 150 g/mol. The van der Waals surface area contributed by atoms with Gasteiger partial charge < -0.3 is 0 Å². The van der Waals surface area contributed by atoms with Crippen LogP contribution in [0.2, 0.25) is 0 Å². The lowest BCUT2D eigenvalue weighted by molar-refractivity contribution is -0.178. The van der Waals surface area contributed by atoms with Crippen molar-refractivity contribution in [1.29, 1.82) is 0 Å². The summed E-state index contributed by atoms with van der Waals surface area (Å²) in [6.07, 6.45) is 0.0704. The van der Waals surface area contributed by atoms with Crippen LogP contribution in [0.1, 0.15) is 20.3 Å². The first-order valence-electron chi connectivity index (χ1n) is 2.81. The van der Waals surface area contributed by atoms with Gasteiger partial charge in [-0.2, -0.15) is 0 Å². The Morgan fingerprint density at radius 1 is 1.60 bits per heavy atom. The minimum absolute atomic E-state index is 0.0704. The van der Waals surface area contributed by atoms with Crippen LogP contribution in [0.5, 0.6) is 0 Å². The van der Waals surface area contributed by atoms with Crippen molar-refractivity contribution < 1.29 is 18.7 Å². The number of hydrogen-bond acceptors (Lipinski definition) is 2. The Kier molecular flexibility index (Phi) is 3.61. The van der Waals surface area contributed by atoms with Crippen LogP contribution in [-0.2, 0) is 9.74 Å². The second-order valence-corrected chi connectivity index (χ2v) is 1.75. The zero-order chi connectivity index (χ0) is 8.15. The summed E-state index contributed by atoms with van der Waals surface area (Å²) in [6, 6.07) is 0. The van der Waals surface area contributed by atoms with Gasteiger partial charge in [0, 0.05) is 4.53 Å². The average Bonchev–Trinajstić information content (AvgIpc) is 2.00. The van der Waals surface area contributed by atoms with Gasteiger partial charge in [0.25, 0.3) is 0 Å². The van der Waals surface area contributed by atoms with Crippen LogP contribution in [0, 0.1) is 0 Å². The lowest BCUT2D eigenvalue weighted by Gasteiger charge is -1.94. The van der Waals surface area contributed by atoms with Gasteiger partial charge in [-0.15, -0.1) is 0 Å². The average molecular weight is 150 g/mol. The molecule has 0 saturated heterocycles. The standard InChI is InChI=1S/C6H8F2O2/c1-3-5(7)4(2)6(9)10-8/h3H2,1-2H3. The quantitative estimate of drug-likeness (QED) is 0.563. The van der Waals surface area contributed by atoms with Gasteiger partial charge in [-0.05, 0) is 13.3 Å². The van der Waals surface area contributed by atoms with Gasteiger partial charge in [0.15, 0.2) is 0 Å². The van der Waals surface area contributed by atoms with E-state index in [1.165, 1.54) is 13.8 Å². The van der Waals surface area contributed by atoms with Gasteiger partial charge >= 0.3 is 5.97 Å². The fraction of sp³-hybridized carbons (Fsp3) is 0.500. The van der Waals surface area contributed by atoms with Crippen LogP contribution in [0.3, 0.4) is 0 Å². The van der Waals surface area contributed by atoms with E-state index in [9.17, 15) is 13.7 Å². The number of allylic oxidation sites excluding steroid dienone is 1. The van der Waals surface area contributed by atoms with Crippen molar-refractivity contribution in [2.75, 3.05) is 0 Å². The lowest BCUT2D eigenvalue weighted by Crippen LogP contribution is -2.00. The van der Waals surface area contributed by atoms with Crippen molar-refractivity contribution in [3.63, 3.8) is 0 Å². The summed E-state index contributed by atoms with van der Waals surface area (Å²) in [5.41, 5.74) is -0.315. The van der Waals surface area contributed by atoms with Crippen LogP contribution in [0.4, 0.5) is 8.92 Å². The maximum atomic E-state index is 12.4. The number of rotatable bonds is 2. The third-order valence-electron chi connectivity index (χ3n) is 1.09. The molecule has 58 valence electrons. The van der Waals surface area contributed by atoms with Gasteiger partial charge in [-0.3, -0.25) is 0 Å². The minimum Gasteiger partial charge on any atom is -0.250 e. The first-order chi connectivity index (χ1) is 4.63. The van der Waals surface area contributed by atoms with Gasteiger partial charge in [0.05, 0.1) is 5.57 Å². The van der Waals surface area contributed by atoms with Crippen molar-refractivity contribution in [3.05, 3.63) is 11.4 Å². The van der Waals surface area contributed by atoms with Crippen LogP contribution in [0.15, 0.2) is 11.4 Å². The molecule has 0 saturated carbocycles. The Morgan fingerprint density at radius 2 is 2.10 bits per heavy atom. The van der Waals surface area contributed by atoms with Gasteiger partial charge in [0.2, 0.25) is 0 Å². The zero-order valence-corrected chi connectivity index (χ0v) is 5.78. The molecular formula is C6H8F2O2. The van der Waals surface area contributed by atoms with Crippen molar-refractivity contribution in [2.45, 2.75) is 20.3 Å². The molecule has 0 heterocycles. The molecule has 0 N–H and O–H groups in total. The van der Waals surface area contributed by atoms with Crippen molar-refractivity contribution in [1.82, 2.24) is 0 Å². The topological polar surface area (TPSA) is 26.3 Å². The second-order valence-electron chi connectivity index (χ2n) is 1.75. The zero-order valence-electron chi connectivity index (χ0n) is 5.78. The fourth-order valence-corrected chi connectivity index (χ4v) is 0.434. The highest BCUT2D eigenvalue weighted by molar-refractivity contribution is 5.87. The molecule has 10 heavy (non-hydrogen) atoms. The van der Waals surface area contributed by atoms with E-state index in [4.69, 9.17) is 0 Å². The maximum absolute atomic E-state index is 12.4. The van der Waals surface area contributed by atoms with E-state index in [-0.39, 0.29) is 12.0 Å². The highest BCUT2D eigenvalue weighted by atomic mass is 19.3. The predicted octanol–water partition coefficient (Wildman–Crippen LogP) is 2.07. The first-order valence-corrected chi connectivity index (χ1v) is 2.81. The molecule has 0 rings (SSSR count). The van der Waals surface area contributed by atoms with Crippen LogP contribution in [-0.4, -0.2) is 5.97 Å². The molecule has 0 aromatic carbocycles. The molecule has 2 nitrogen and oxygen atoms in total. The number of carbonyl (C=O) groups excluding carboxylic acids is 1. The summed E-state index contributed by atoms with van der Waals surface area (Å²) in [6.45, 7) is 2.69. The number of halogens is 2. The minimum atomic E-state index is -1.26. The summed E-state index contributed by atoms with van der Waals surface area (Å²) in [5, 5.41) is 0. The van der Waals surface area contributed by atoms with E-state index in [1.807, 2.05) is 0 Å². The predicted molar refractivity (Wildman–Crippen MR) is 31.3 cm³/mol. The molecule has 0 aliphatic rings. The normalized spacial score (nSPS) is 12.4. The Morgan fingerprint density at radius 3 is 2.40 bits per heavy atom. The summed E-state index contributed by atoms with van der Waals surface area (Å²) in [5.74, 6) is -1.91. The summed E-state index contributed by atoms with van der Waals surface area (Å²) >= 11 is 0.